The summed E-state index contributed by atoms with van der Waals surface area (Å²) in [5.41, 5.74) is 1.25. The molecule has 0 unspecified atom stereocenters. The van der Waals surface area contributed by atoms with Crippen molar-refractivity contribution >= 4 is 17.6 Å². The van der Waals surface area contributed by atoms with Gasteiger partial charge in [0.15, 0.2) is 11.5 Å². The van der Waals surface area contributed by atoms with Gasteiger partial charge in [0.1, 0.15) is 6.42 Å². The van der Waals surface area contributed by atoms with Crippen LogP contribution in [-0.4, -0.2) is 31.2 Å². The molecule has 0 heterocycles. The Bertz CT molecular complexity index is 470. The lowest BCUT2D eigenvalue weighted by atomic mass is 10.1. The van der Waals surface area contributed by atoms with E-state index in [1.807, 2.05) is 0 Å². The number of nitrogens with one attached hydrogen (secondary N) is 1. The second kappa shape index (κ2) is 5.90. The molecule has 6 nitrogen and oxygen atoms in total. The smallest absolute Gasteiger partial charge is 0.312 e. The van der Waals surface area contributed by atoms with Crippen LogP contribution in [-0.2, 0) is 9.59 Å². The topological polar surface area (TPSA) is 84.9 Å². The van der Waals surface area contributed by atoms with Crippen LogP contribution in [0.1, 0.15) is 12.0 Å². The first-order valence-corrected chi connectivity index (χ1v) is 5.22. The van der Waals surface area contributed by atoms with Gasteiger partial charge in [-0.15, -0.1) is 0 Å². The van der Waals surface area contributed by atoms with Crippen molar-refractivity contribution in [3.05, 3.63) is 17.7 Å². The molecule has 1 aromatic rings. The van der Waals surface area contributed by atoms with Gasteiger partial charge in [-0.05, 0) is 18.6 Å². The van der Waals surface area contributed by atoms with Crippen molar-refractivity contribution in [3.63, 3.8) is 0 Å². The highest BCUT2D eigenvalue weighted by molar-refractivity contribution is 6.01. The highest BCUT2D eigenvalue weighted by Crippen LogP contribution is 2.32. The van der Waals surface area contributed by atoms with Crippen LogP contribution in [0.5, 0.6) is 11.5 Å². The molecule has 0 aromatic heterocycles. The first-order valence-electron chi connectivity index (χ1n) is 5.22. The fourth-order valence-electron chi connectivity index (χ4n) is 1.45. The highest BCUT2D eigenvalue weighted by Gasteiger charge is 2.12. The number of anilines is 1. The Morgan fingerprint density at radius 2 is 1.78 bits per heavy atom. The lowest BCUT2D eigenvalue weighted by molar-refractivity contribution is -0.139. The van der Waals surface area contributed by atoms with Crippen molar-refractivity contribution in [2.75, 3.05) is 19.5 Å². The number of carbonyl (C=O) groups is 2. The first-order chi connectivity index (χ1) is 8.47. The quantitative estimate of drug-likeness (QED) is 0.775. The standard InChI is InChI=1S/C12H15NO5/c1-7-4-9(17-2)10(18-3)5-8(7)13-11(14)6-12(15)16/h4-5H,6H2,1-3H3,(H,13,14)(H,15,16). The van der Waals surface area contributed by atoms with Gasteiger partial charge in [-0.1, -0.05) is 0 Å². The maximum atomic E-state index is 11.4. The van der Waals surface area contributed by atoms with Crippen LogP contribution in [0.25, 0.3) is 0 Å². The summed E-state index contributed by atoms with van der Waals surface area (Å²) in [6, 6.07) is 3.29. The zero-order chi connectivity index (χ0) is 13.7. The molecule has 1 rings (SSSR count). The number of hydrogen-bond acceptors (Lipinski definition) is 4. The monoisotopic (exact) mass is 253 g/mol. The molecule has 0 spiro atoms. The normalized spacial score (nSPS) is 9.72. The number of aliphatic carboxylic acids is 1. The molecule has 1 amide bonds. The van der Waals surface area contributed by atoms with Crippen LogP contribution >= 0.6 is 0 Å². The van der Waals surface area contributed by atoms with Crippen LogP contribution < -0.4 is 14.8 Å². The molecule has 0 saturated carbocycles. The third kappa shape index (κ3) is 3.38. The summed E-state index contributed by atoms with van der Waals surface area (Å²) in [5, 5.41) is 11.0. The number of aryl methyl sites for hydroxylation is 1. The SMILES string of the molecule is COc1cc(C)c(NC(=O)CC(=O)O)cc1OC. The number of methoxy groups -OCH3 is 2. The third-order valence-corrected chi connectivity index (χ3v) is 2.32. The molecular formula is C12H15NO5. The van der Waals surface area contributed by atoms with E-state index in [4.69, 9.17) is 14.6 Å². The molecule has 18 heavy (non-hydrogen) atoms. The Labute approximate surface area is 105 Å². The number of amides is 1. The minimum Gasteiger partial charge on any atom is -0.493 e. The molecule has 0 aliphatic heterocycles. The lowest BCUT2D eigenvalue weighted by Gasteiger charge is -2.13. The van der Waals surface area contributed by atoms with E-state index in [0.29, 0.717) is 17.2 Å². The number of carboxylic acid groups (broad SMARTS) is 1. The Morgan fingerprint density at radius 1 is 1.22 bits per heavy atom. The Kier molecular flexibility index (Phi) is 4.53. The summed E-state index contributed by atoms with van der Waals surface area (Å²) in [4.78, 5) is 21.8. The first kappa shape index (κ1) is 13.8. The second-order valence-corrected chi connectivity index (χ2v) is 3.64. The molecule has 0 bridgehead atoms. The summed E-state index contributed by atoms with van der Waals surface area (Å²) in [5.74, 6) is -0.747. The number of ether oxygens (including phenoxy) is 2. The Hall–Kier alpha value is -2.24. The van der Waals surface area contributed by atoms with Gasteiger partial charge in [0, 0.05) is 11.8 Å². The zero-order valence-corrected chi connectivity index (χ0v) is 10.4. The van der Waals surface area contributed by atoms with Gasteiger partial charge in [0.2, 0.25) is 5.91 Å². The average Bonchev–Trinajstić information content (AvgIpc) is 2.30. The van der Waals surface area contributed by atoms with E-state index in [-0.39, 0.29) is 0 Å². The van der Waals surface area contributed by atoms with Crippen molar-refractivity contribution in [1.29, 1.82) is 0 Å². The third-order valence-electron chi connectivity index (χ3n) is 2.32. The van der Waals surface area contributed by atoms with Crippen molar-refractivity contribution in [2.24, 2.45) is 0 Å². The fourth-order valence-corrected chi connectivity index (χ4v) is 1.45. The highest BCUT2D eigenvalue weighted by atomic mass is 16.5. The number of benzene rings is 1. The van der Waals surface area contributed by atoms with Crippen molar-refractivity contribution in [1.82, 2.24) is 0 Å². The van der Waals surface area contributed by atoms with Crippen LogP contribution in [0.4, 0.5) is 5.69 Å². The maximum Gasteiger partial charge on any atom is 0.312 e. The Balaban J connectivity index is 2.95. The summed E-state index contributed by atoms with van der Waals surface area (Å²) in [6.07, 6.45) is -0.576. The van der Waals surface area contributed by atoms with Gasteiger partial charge in [0.25, 0.3) is 0 Å². The van der Waals surface area contributed by atoms with Crippen LogP contribution in [0, 0.1) is 6.92 Å². The predicted octanol–water partition coefficient (Wildman–Crippen LogP) is 1.43. The molecule has 0 aliphatic rings. The zero-order valence-electron chi connectivity index (χ0n) is 10.4. The number of hydrogen-bond donors (Lipinski definition) is 2. The van der Waals surface area contributed by atoms with Crippen LogP contribution in [0.2, 0.25) is 0 Å². The van der Waals surface area contributed by atoms with Gasteiger partial charge in [0.05, 0.1) is 14.2 Å². The van der Waals surface area contributed by atoms with E-state index in [0.717, 1.165) is 5.56 Å². The van der Waals surface area contributed by atoms with Gasteiger partial charge in [-0.3, -0.25) is 9.59 Å². The molecule has 0 fully saturated rings. The molecule has 2 N–H and O–H groups in total. The Morgan fingerprint density at radius 3 is 2.28 bits per heavy atom. The molecule has 0 aliphatic carbocycles. The lowest BCUT2D eigenvalue weighted by Crippen LogP contribution is -2.16. The molecule has 98 valence electrons. The number of carbonyl (C=O) groups excluding carboxylic acids is 1. The molecule has 0 radical (unpaired) electrons. The minimum atomic E-state index is -1.18. The van der Waals surface area contributed by atoms with Gasteiger partial charge < -0.3 is 19.9 Å². The number of rotatable bonds is 5. The summed E-state index contributed by atoms with van der Waals surface area (Å²) >= 11 is 0. The summed E-state index contributed by atoms with van der Waals surface area (Å²) in [6.45, 7) is 1.78. The van der Waals surface area contributed by atoms with E-state index < -0.39 is 18.3 Å². The molecule has 0 atom stereocenters. The van der Waals surface area contributed by atoms with E-state index >= 15 is 0 Å². The molecule has 0 saturated heterocycles. The molecular weight excluding hydrogens is 238 g/mol. The van der Waals surface area contributed by atoms with Crippen LogP contribution in [0.15, 0.2) is 12.1 Å². The van der Waals surface area contributed by atoms with Gasteiger partial charge >= 0.3 is 5.97 Å². The van der Waals surface area contributed by atoms with Gasteiger partial charge in [-0.25, -0.2) is 0 Å². The van der Waals surface area contributed by atoms with Crippen molar-refractivity contribution in [3.8, 4) is 11.5 Å². The summed E-state index contributed by atoms with van der Waals surface area (Å²) < 4.78 is 10.2. The molecule has 6 heteroatoms. The number of carboxylic acids is 1. The second-order valence-electron chi connectivity index (χ2n) is 3.64. The average molecular weight is 253 g/mol. The fraction of sp³-hybridized carbons (Fsp3) is 0.333. The molecule has 1 aromatic carbocycles. The predicted molar refractivity (Wildman–Crippen MR) is 65.2 cm³/mol. The van der Waals surface area contributed by atoms with E-state index in [2.05, 4.69) is 5.32 Å². The maximum absolute atomic E-state index is 11.4. The van der Waals surface area contributed by atoms with Crippen molar-refractivity contribution < 1.29 is 24.2 Å². The largest absolute Gasteiger partial charge is 0.493 e. The van der Waals surface area contributed by atoms with E-state index in [1.54, 1.807) is 19.1 Å². The minimum absolute atomic E-state index is 0.466. The van der Waals surface area contributed by atoms with Gasteiger partial charge in [-0.2, -0.15) is 0 Å². The van der Waals surface area contributed by atoms with E-state index in [9.17, 15) is 9.59 Å². The van der Waals surface area contributed by atoms with Crippen LogP contribution in [0.3, 0.4) is 0 Å². The van der Waals surface area contributed by atoms with Crippen molar-refractivity contribution in [2.45, 2.75) is 13.3 Å². The summed E-state index contributed by atoms with van der Waals surface area (Å²) in [7, 11) is 3.00. The van der Waals surface area contributed by atoms with E-state index in [1.165, 1.54) is 14.2 Å².